The number of hydrogen-bond donors (Lipinski definition) is 2. The second kappa shape index (κ2) is 7.03. The Hall–Kier alpha value is -3.03. The molecule has 0 radical (unpaired) electrons. The number of rotatable bonds is 4. The second-order valence-corrected chi connectivity index (χ2v) is 4.78. The van der Waals surface area contributed by atoms with Crippen LogP contribution in [0.2, 0.25) is 0 Å². The number of esters is 1. The summed E-state index contributed by atoms with van der Waals surface area (Å²) >= 11 is 0. The standard InChI is InChI=1S/C16H12F3NO4/c1-8(24-16(23)9-4-2-3-5-12(9)21)15(22)20-11-7-6-10(17)13(18)14(11)19/h2-8,21H,1H3,(H,20,22)/t8-/m1/s1. The number of anilines is 1. The monoisotopic (exact) mass is 339 g/mol. The zero-order valence-corrected chi connectivity index (χ0v) is 12.3. The van der Waals surface area contributed by atoms with Crippen molar-refractivity contribution in [1.82, 2.24) is 0 Å². The maximum atomic E-state index is 13.5. The number of amides is 1. The number of phenols is 1. The Morgan fingerprint density at radius 3 is 2.42 bits per heavy atom. The number of phenolic OH excluding ortho intramolecular Hbond substituents is 1. The summed E-state index contributed by atoms with van der Waals surface area (Å²) in [6.07, 6.45) is -1.37. The third-order valence-corrected chi connectivity index (χ3v) is 3.07. The molecule has 126 valence electrons. The number of nitrogens with one attached hydrogen (secondary N) is 1. The number of benzene rings is 2. The largest absolute Gasteiger partial charge is 0.507 e. The first-order valence-corrected chi connectivity index (χ1v) is 6.74. The summed E-state index contributed by atoms with van der Waals surface area (Å²) in [4.78, 5) is 23.7. The highest BCUT2D eigenvalue weighted by Gasteiger charge is 2.23. The lowest BCUT2D eigenvalue weighted by molar-refractivity contribution is -0.123. The van der Waals surface area contributed by atoms with Gasteiger partial charge in [0.15, 0.2) is 23.6 Å². The van der Waals surface area contributed by atoms with Gasteiger partial charge in [0.05, 0.1) is 5.69 Å². The molecule has 2 aromatic rings. The molecule has 24 heavy (non-hydrogen) atoms. The molecule has 0 spiro atoms. The molecule has 0 aliphatic heterocycles. The van der Waals surface area contributed by atoms with Crippen molar-refractivity contribution >= 4 is 17.6 Å². The van der Waals surface area contributed by atoms with E-state index in [1.54, 1.807) is 0 Å². The molecule has 8 heteroatoms. The molecule has 5 nitrogen and oxygen atoms in total. The molecule has 0 saturated heterocycles. The predicted octanol–water partition coefficient (Wildman–Crippen LogP) is 2.99. The fourth-order valence-electron chi connectivity index (χ4n) is 1.78. The minimum atomic E-state index is -1.73. The Balaban J connectivity index is 2.07. The van der Waals surface area contributed by atoms with Crippen LogP contribution in [0.3, 0.4) is 0 Å². The van der Waals surface area contributed by atoms with Crippen LogP contribution in [0.1, 0.15) is 17.3 Å². The molecule has 0 saturated carbocycles. The Kier molecular flexibility index (Phi) is 5.08. The van der Waals surface area contributed by atoms with Gasteiger partial charge in [-0.05, 0) is 31.2 Å². The van der Waals surface area contributed by atoms with Crippen LogP contribution in [0.5, 0.6) is 5.75 Å². The number of carbonyl (C=O) groups excluding carboxylic acids is 2. The molecule has 1 amide bonds. The van der Waals surface area contributed by atoms with Crippen molar-refractivity contribution in [1.29, 1.82) is 0 Å². The number of carbonyl (C=O) groups is 2. The summed E-state index contributed by atoms with van der Waals surface area (Å²) in [6, 6.07) is 7.01. The second-order valence-electron chi connectivity index (χ2n) is 4.78. The van der Waals surface area contributed by atoms with Gasteiger partial charge in [-0.25, -0.2) is 18.0 Å². The number of para-hydroxylation sites is 1. The van der Waals surface area contributed by atoms with Gasteiger partial charge < -0.3 is 15.2 Å². The Morgan fingerprint density at radius 1 is 1.08 bits per heavy atom. The van der Waals surface area contributed by atoms with E-state index in [1.165, 1.54) is 31.2 Å². The first-order valence-electron chi connectivity index (χ1n) is 6.74. The van der Waals surface area contributed by atoms with Crippen LogP contribution in [-0.2, 0) is 9.53 Å². The van der Waals surface area contributed by atoms with E-state index in [1.807, 2.05) is 5.32 Å². The van der Waals surface area contributed by atoms with Crippen LogP contribution < -0.4 is 5.32 Å². The van der Waals surface area contributed by atoms with E-state index in [0.29, 0.717) is 6.07 Å². The first kappa shape index (κ1) is 17.3. The molecular formula is C16H12F3NO4. The Morgan fingerprint density at radius 2 is 1.75 bits per heavy atom. The fourth-order valence-corrected chi connectivity index (χ4v) is 1.78. The SMILES string of the molecule is C[C@@H](OC(=O)c1ccccc1O)C(=O)Nc1ccc(F)c(F)c1F. The average Bonchev–Trinajstić information content (AvgIpc) is 2.55. The van der Waals surface area contributed by atoms with Gasteiger partial charge in [-0.1, -0.05) is 12.1 Å². The van der Waals surface area contributed by atoms with Gasteiger partial charge in [0, 0.05) is 0 Å². The van der Waals surface area contributed by atoms with Crippen molar-refractivity contribution in [2.75, 3.05) is 5.32 Å². The summed E-state index contributed by atoms with van der Waals surface area (Å²) in [7, 11) is 0. The normalized spacial score (nSPS) is 11.7. The van der Waals surface area contributed by atoms with Gasteiger partial charge in [-0.2, -0.15) is 0 Å². The molecule has 0 aliphatic rings. The molecule has 2 aromatic carbocycles. The molecular weight excluding hydrogens is 327 g/mol. The van der Waals surface area contributed by atoms with Crippen molar-refractivity contribution < 1.29 is 32.6 Å². The zero-order valence-electron chi connectivity index (χ0n) is 12.3. The van der Waals surface area contributed by atoms with E-state index in [-0.39, 0.29) is 11.3 Å². The molecule has 0 aliphatic carbocycles. The molecule has 2 N–H and O–H groups in total. The van der Waals surface area contributed by atoms with Crippen molar-refractivity contribution in [2.45, 2.75) is 13.0 Å². The number of ether oxygens (including phenoxy) is 1. The highest BCUT2D eigenvalue weighted by atomic mass is 19.2. The third kappa shape index (κ3) is 3.65. The van der Waals surface area contributed by atoms with Crippen molar-refractivity contribution in [3.63, 3.8) is 0 Å². The van der Waals surface area contributed by atoms with Gasteiger partial charge in [-0.15, -0.1) is 0 Å². The summed E-state index contributed by atoms with van der Waals surface area (Å²) in [5.41, 5.74) is -0.750. The van der Waals surface area contributed by atoms with Gasteiger partial charge in [0.2, 0.25) is 0 Å². The van der Waals surface area contributed by atoms with Crippen LogP contribution in [0.15, 0.2) is 36.4 Å². The van der Waals surface area contributed by atoms with Crippen LogP contribution >= 0.6 is 0 Å². The quantitative estimate of drug-likeness (QED) is 0.663. The van der Waals surface area contributed by atoms with Crippen LogP contribution in [-0.4, -0.2) is 23.1 Å². The van der Waals surface area contributed by atoms with E-state index >= 15 is 0 Å². The number of hydrogen-bond acceptors (Lipinski definition) is 4. The van der Waals surface area contributed by atoms with Gasteiger partial charge >= 0.3 is 5.97 Å². The molecule has 0 aromatic heterocycles. The van der Waals surface area contributed by atoms with Crippen molar-refractivity contribution in [2.24, 2.45) is 0 Å². The molecule has 0 heterocycles. The summed E-state index contributed by atoms with van der Waals surface area (Å²) in [5.74, 6) is -6.95. The number of halogens is 3. The van der Waals surface area contributed by atoms with E-state index in [9.17, 15) is 27.9 Å². The highest BCUT2D eigenvalue weighted by molar-refractivity contribution is 5.98. The average molecular weight is 339 g/mol. The molecule has 0 bridgehead atoms. The minimum Gasteiger partial charge on any atom is -0.507 e. The van der Waals surface area contributed by atoms with Crippen molar-refractivity contribution in [3.8, 4) is 5.75 Å². The van der Waals surface area contributed by atoms with E-state index in [4.69, 9.17) is 4.74 Å². The summed E-state index contributed by atoms with van der Waals surface area (Å²) in [5, 5.41) is 11.5. The van der Waals surface area contributed by atoms with E-state index < -0.39 is 41.1 Å². The minimum absolute atomic E-state index is 0.156. The van der Waals surface area contributed by atoms with Crippen LogP contribution in [0, 0.1) is 17.5 Å². The predicted molar refractivity (Wildman–Crippen MR) is 77.9 cm³/mol. The fraction of sp³-hybridized carbons (Fsp3) is 0.125. The van der Waals surface area contributed by atoms with Gasteiger partial charge in [-0.3, -0.25) is 4.79 Å². The maximum Gasteiger partial charge on any atom is 0.342 e. The molecule has 1 atom stereocenters. The molecule has 2 rings (SSSR count). The topological polar surface area (TPSA) is 75.6 Å². The molecule has 0 unspecified atom stereocenters. The van der Waals surface area contributed by atoms with Crippen LogP contribution in [0.25, 0.3) is 0 Å². The van der Waals surface area contributed by atoms with E-state index in [0.717, 1.165) is 6.07 Å². The Bertz CT molecular complexity index is 795. The van der Waals surface area contributed by atoms with Crippen molar-refractivity contribution in [3.05, 3.63) is 59.4 Å². The summed E-state index contributed by atoms with van der Waals surface area (Å²) < 4.78 is 44.3. The van der Waals surface area contributed by atoms with Crippen LogP contribution in [0.4, 0.5) is 18.9 Å². The molecule has 0 fully saturated rings. The maximum absolute atomic E-state index is 13.5. The highest BCUT2D eigenvalue weighted by Crippen LogP contribution is 2.21. The zero-order chi connectivity index (χ0) is 17.9. The number of aromatic hydroxyl groups is 1. The van der Waals surface area contributed by atoms with E-state index in [2.05, 4.69) is 0 Å². The third-order valence-electron chi connectivity index (χ3n) is 3.07. The van der Waals surface area contributed by atoms with Gasteiger partial charge in [0.1, 0.15) is 11.3 Å². The lowest BCUT2D eigenvalue weighted by Crippen LogP contribution is -2.30. The summed E-state index contributed by atoms with van der Waals surface area (Å²) in [6.45, 7) is 1.20. The van der Waals surface area contributed by atoms with Gasteiger partial charge in [0.25, 0.3) is 5.91 Å². The lowest BCUT2D eigenvalue weighted by Gasteiger charge is -2.14. The lowest BCUT2D eigenvalue weighted by atomic mass is 10.2. The Labute approximate surface area is 134 Å². The first-order chi connectivity index (χ1) is 11.3. The smallest absolute Gasteiger partial charge is 0.342 e.